The highest BCUT2D eigenvalue weighted by Crippen LogP contribution is 2.15. The molecule has 0 amide bonds. The van der Waals surface area contributed by atoms with Crippen molar-refractivity contribution in [1.29, 1.82) is 0 Å². The highest BCUT2D eigenvalue weighted by atomic mass is 35.5. The topological polar surface area (TPSA) is 12.0 Å². The van der Waals surface area contributed by atoms with E-state index in [9.17, 15) is 0 Å². The van der Waals surface area contributed by atoms with Crippen LogP contribution < -0.4 is 5.32 Å². The molecule has 0 spiro atoms. The third-order valence-electron chi connectivity index (χ3n) is 1.85. The lowest BCUT2D eigenvalue weighted by Crippen LogP contribution is -2.05. The summed E-state index contributed by atoms with van der Waals surface area (Å²) in [5.74, 6) is 3.16. The van der Waals surface area contributed by atoms with Crippen LogP contribution in [0.3, 0.4) is 0 Å². The van der Waals surface area contributed by atoms with Gasteiger partial charge in [0.05, 0.1) is 0 Å². The van der Waals surface area contributed by atoms with Crippen LogP contribution in [0.1, 0.15) is 13.8 Å². The van der Waals surface area contributed by atoms with Crippen molar-refractivity contribution in [2.75, 3.05) is 23.4 Å². The number of hydrogen-bond acceptors (Lipinski definition) is 2. The zero-order valence-electron chi connectivity index (χ0n) is 9.29. The molecular weight excluding hydrogens is 226 g/mol. The van der Waals surface area contributed by atoms with Crippen LogP contribution in [0.25, 0.3) is 0 Å². The Morgan fingerprint density at radius 3 is 2.87 bits per heavy atom. The standard InChI is InChI=1S/C12H18ClNS/c1-10(2)9-15-7-6-14-12-5-3-4-11(13)8-12/h3-5,8,10,14H,6-7,9H2,1-2H3. The molecule has 3 heteroatoms. The molecule has 0 atom stereocenters. The van der Waals surface area contributed by atoms with Gasteiger partial charge in [-0.1, -0.05) is 31.5 Å². The Morgan fingerprint density at radius 1 is 1.40 bits per heavy atom. The Balaban J connectivity index is 2.15. The maximum atomic E-state index is 5.88. The molecule has 0 radical (unpaired) electrons. The molecule has 0 heterocycles. The van der Waals surface area contributed by atoms with Crippen molar-refractivity contribution in [3.63, 3.8) is 0 Å². The van der Waals surface area contributed by atoms with Gasteiger partial charge in [0.2, 0.25) is 0 Å². The van der Waals surface area contributed by atoms with Crippen LogP contribution in [0.2, 0.25) is 5.02 Å². The zero-order valence-corrected chi connectivity index (χ0v) is 10.9. The molecule has 15 heavy (non-hydrogen) atoms. The summed E-state index contributed by atoms with van der Waals surface area (Å²) in [5, 5.41) is 4.14. The van der Waals surface area contributed by atoms with Gasteiger partial charge in [-0.05, 0) is 29.9 Å². The molecule has 0 bridgehead atoms. The molecule has 1 nitrogen and oxygen atoms in total. The minimum atomic E-state index is 0.779. The van der Waals surface area contributed by atoms with Gasteiger partial charge in [0.15, 0.2) is 0 Å². The molecule has 0 aliphatic carbocycles. The summed E-state index contributed by atoms with van der Waals surface area (Å²) in [6, 6.07) is 7.85. The first-order valence-corrected chi connectivity index (χ1v) is 6.79. The van der Waals surface area contributed by atoms with Crippen molar-refractivity contribution in [2.45, 2.75) is 13.8 Å². The molecular formula is C12H18ClNS. The van der Waals surface area contributed by atoms with Gasteiger partial charge in [0.1, 0.15) is 0 Å². The van der Waals surface area contributed by atoms with Crippen LogP contribution in [-0.4, -0.2) is 18.1 Å². The van der Waals surface area contributed by atoms with E-state index in [-0.39, 0.29) is 0 Å². The number of anilines is 1. The predicted octanol–water partition coefficient (Wildman–Crippen LogP) is 4.14. The minimum Gasteiger partial charge on any atom is -0.384 e. The number of thioether (sulfide) groups is 1. The quantitative estimate of drug-likeness (QED) is 0.754. The molecule has 0 fully saturated rings. The largest absolute Gasteiger partial charge is 0.384 e. The number of nitrogens with one attached hydrogen (secondary N) is 1. The Labute approximate surface area is 102 Å². The smallest absolute Gasteiger partial charge is 0.0426 e. The second-order valence-electron chi connectivity index (χ2n) is 3.91. The molecule has 0 unspecified atom stereocenters. The van der Waals surface area contributed by atoms with Crippen molar-refractivity contribution >= 4 is 29.1 Å². The molecule has 0 aromatic heterocycles. The molecule has 1 N–H and O–H groups in total. The van der Waals surface area contributed by atoms with E-state index in [4.69, 9.17) is 11.6 Å². The zero-order chi connectivity index (χ0) is 11.1. The first-order valence-electron chi connectivity index (χ1n) is 5.25. The van der Waals surface area contributed by atoms with Crippen LogP contribution in [0.4, 0.5) is 5.69 Å². The highest BCUT2D eigenvalue weighted by Gasteiger charge is 1.95. The van der Waals surface area contributed by atoms with Gasteiger partial charge in [-0.15, -0.1) is 0 Å². The lowest BCUT2D eigenvalue weighted by Gasteiger charge is -2.07. The third-order valence-corrected chi connectivity index (χ3v) is 3.48. The molecule has 0 saturated carbocycles. The van der Waals surface area contributed by atoms with Crippen LogP contribution in [0.15, 0.2) is 24.3 Å². The first-order chi connectivity index (χ1) is 7.18. The predicted molar refractivity (Wildman–Crippen MR) is 72.1 cm³/mol. The van der Waals surface area contributed by atoms with E-state index < -0.39 is 0 Å². The van der Waals surface area contributed by atoms with Gasteiger partial charge < -0.3 is 5.32 Å². The van der Waals surface area contributed by atoms with Crippen molar-refractivity contribution in [2.24, 2.45) is 5.92 Å². The van der Waals surface area contributed by atoms with Crippen LogP contribution in [0.5, 0.6) is 0 Å². The lowest BCUT2D eigenvalue weighted by molar-refractivity contribution is 0.750. The Kier molecular flexibility index (Phi) is 5.96. The number of hydrogen-bond donors (Lipinski definition) is 1. The highest BCUT2D eigenvalue weighted by molar-refractivity contribution is 7.99. The molecule has 1 aromatic carbocycles. The van der Waals surface area contributed by atoms with Gasteiger partial charge in [-0.25, -0.2) is 0 Å². The normalized spacial score (nSPS) is 10.7. The summed E-state index contributed by atoms with van der Waals surface area (Å²) in [4.78, 5) is 0. The van der Waals surface area contributed by atoms with Crippen molar-refractivity contribution in [3.8, 4) is 0 Å². The second kappa shape index (κ2) is 7.02. The summed E-state index contributed by atoms with van der Waals surface area (Å²) in [7, 11) is 0. The van der Waals surface area contributed by atoms with E-state index >= 15 is 0 Å². The lowest BCUT2D eigenvalue weighted by atomic mass is 10.3. The summed E-state index contributed by atoms with van der Waals surface area (Å²) in [6.07, 6.45) is 0. The van der Waals surface area contributed by atoms with E-state index in [2.05, 4.69) is 19.2 Å². The van der Waals surface area contributed by atoms with Gasteiger partial charge in [-0.3, -0.25) is 0 Å². The number of halogens is 1. The second-order valence-corrected chi connectivity index (χ2v) is 5.49. The Hall–Kier alpha value is -0.340. The van der Waals surface area contributed by atoms with Crippen LogP contribution in [-0.2, 0) is 0 Å². The van der Waals surface area contributed by atoms with Crippen LogP contribution >= 0.6 is 23.4 Å². The number of rotatable bonds is 6. The molecule has 0 saturated heterocycles. The average Bonchev–Trinajstić information content (AvgIpc) is 2.17. The number of benzene rings is 1. The van der Waals surface area contributed by atoms with E-state index in [1.165, 1.54) is 5.75 Å². The van der Waals surface area contributed by atoms with Gasteiger partial charge in [-0.2, -0.15) is 11.8 Å². The SMILES string of the molecule is CC(C)CSCCNc1cccc(Cl)c1. The van der Waals surface area contributed by atoms with E-state index in [1.54, 1.807) is 0 Å². The molecule has 84 valence electrons. The molecule has 0 aliphatic rings. The summed E-state index contributed by atoms with van der Waals surface area (Å²) in [6.45, 7) is 5.49. The maximum Gasteiger partial charge on any atom is 0.0426 e. The van der Waals surface area contributed by atoms with E-state index in [0.29, 0.717) is 0 Å². The Bertz CT molecular complexity index is 289. The first kappa shape index (κ1) is 12.7. The molecule has 1 rings (SSSR count). The average molecular weight is 244 g/mol. The van der Waals surface area contributed by atoms with Gasteiger partial charge in [0, 0.05) is 23.0 Å². The van der Waals surface area contributed by atoms with Crippen molar-refractivity contribution in [3.05, 3.63) is 29.3 Å². The monoisotopic (exact) mass is 243 g/mol. The molecule has 1 aromatic rings. The third kappa shape index (κ3) is 5.95. The molecule has 0 aliphatic heterocycles. The fourth-order valence-electron chi connectivity index (χ4n) is 1.19. The summed E-state index contributed by atoms with van der Waals surface area (Å²) < 4.78 is 0. The fraction of sp³-hybridized carbons (Fsp3) is 0.500. The Morgan fingerprint density at radius 2 is 2.20 bits per heavy atom. The van der Waals surface area contributed by atoms with E-state index in [1.807, 2.05) is 36.0 Å². The van der Waals surface area contributed by atoms with Gasteiger partial charge >= 0.3 is 0 Å². The van der Waals surface area contributed by atoms with Crippen LogP contribution in [0, 0.1) is 5.92 Å². The van der Waals surface area contributed by atoms with E-state index in [0.717, 1.165) is 28.9 Å². The minimum absolute atomic E-state index is 0.779. The van der Waals surface area contributed by atoms with Crippen molar-refractivity contribution in [1.82, 2.24) is 0 Å². The van der Waals surface area contributed by atoms with Gasteiger partial charge in [0.25, 0.3) is 0 Å². The summed E-state index contributed by atoms with van der Waals surface area (Å²) in [5.41, 5.74) is 1.10. The van der Waals surface area contributed by atoms with Crippen molar-refractivity contribution < 1.29 is 0 Å². The fourth-order valence-corrected chi connectivity index (χ4v) is 2.26. The maximum absolute atomic E-state index is 5.88. The summed E-state index contributed by atoms with van der Waals surface area (Å²) >= 11 is 7.87.